The van der Waals surface area contributed by atoms with E-state index in [0.717, 1.165) is 16.7 Å². The van der Waals surface area contributed by atoms with Gasteiger partial charge in [-0.15, -0.1) is 5.10 Å². The second-order valence-electron chi connectivity index (χ2n) is 6.21. The van der Waals surface area contributed by atoms with Crippen molar-refractivity contribution < 1.29 is 9.18 Å². The Morgan fingerprint density at radius 1 is 1.19 bits per heavy atom. The third kappa shape index (κ3) is 4.14. The van der Waals surface area contributed by atoms with Crippen LogP contribution in [-0.4, -0.2) is 20.9 Å². The molecule has 0 fully saturated rings. The number of aromatic nitrogens is 3. The van der Waals surface area contributed by atoms with Crippen molar-refractivity contribution in [2.45, 2.75) is 32.9 Å². The van der Waals surface area contributed by atoms with E-state index < -0.39 is 0 Å². The van der Waals surface area contributed by atoms with Crippen LogP contribution < -0.4 is 5.32 Å². The molecular weight excluding hydrogens is 331 g/mol. The maximum absolute atomic E-state index is 13.1. The highest BCUT2D eigenvalue weighted by molar-refractivity contribution is 5.92. The summed E-state index contributed by atoms with van der Waals surface area (Å²) in [7, 11) is 0. The molecule has 0 bridgehead atoms. The van der Waals surface area contributed by atoms with E-state index in [-0.39, 0.29) is 23.5 Å². The highest BCUT2D eigenvalue weighted by Crippen LogP contribution is 2.17. The number of carbonyl (C=O) groups excluding carboxylic acids is 1. The Morgan fingerprint density at radius 2 is 1.92 bits per heavy atom. The molecule has 3 rings (SSSR count). The zero-order valence-corrected chi connectivity index (χ0v) is 14.8. The van der Waals surface area contributed by atoms with Crippen LogP contribution >= 0.6 is 0 Å². The van der Waals surface area contributed by atoms with Crippen molar-refractivity contribution in [1.82, 2.24) is 20.3 Å². The normalized spacial score (nSPS) is 12.0. The molecule has 1 heterocycles. The number of halogens is 1. The molecule has 26 heavy (non-hydrogen) atoms. The van der Waals surface area contributed by atoms with Gasteiger partial charge in [-0.2, -0.15) is 0 Å². The summed E-state index contributed by atoms with van der Waals surface area (Å²) in [5.41, 5.74) is 3.41. The summed E-state index contributed by atoms with van der Waals surface area (Å²) < 4.78 is 14.7. The largest absolute Gasteiger partial charge is 0.344 e. The molecule has 1 amide bonds. The van der Waals surface area contributed by atoms with Crippen LogP contribution in [0.5, 0.6) is 0 Å². The number of aryl methyl sites for hydroxylation is 1. The Hall–Kier alpha value is -3.02. The van der Waals surface area contributed by atoms with Gasteiger partial charge in [0.25, 0.3) is 5.91 Å². The number of hydrogen-bond acceptors (Lipinski definition) is 3. The smallest absolute Gasteiger partial charge is 0.273 e. The molecule has 0 saturated heterocycles. The van der Waals surface area contributed by atoms with Gasteiger partial charge in [-0.05, 0) is 42.2 Å². The molecule has 5 nitrogen and oxygen atoms in total. The second kappa shape index (κ2) is 7.91. The first-order valence-electron chi connectivity index (χ1n) is 8.57. The summed E-state index contributed by atoms with van der Waals surface area (Å²) in [6, 6.07) is 14.0. The minimum absolute atomic E-state index is 0.204. The van der Waals surface area contributed by atoms with E-state index in [9.17, 15) is 9.18 Å². The first kappa shape index (κ1) is 17.8. The number of nitrogens with zero attached hydrogens (tertiary/aromatic N) is 3. The van der Waals surface area contributed by atoms with Gasteiger partial charge in [0.2, 0.25) is 0 Å². The monoisotopic (exact) mass is 352 g/mol. The molecule has 134 valence electrons. The highest BCUT2D eigenvalue weighted by Gasteiger charge is 2.17. The van der Waals surface area contributed by atoms with Gasteiger partial charge in [0, 0.05) is 0 Å². The van der Waals surface area contributed by atoms with Gasteiger partial charge >= 0.3 is 0 Å². The molecule has 0 unspecified atom stereocenters. The lowest BCUT2D eigenvalue weighted by atomic mass is 10.0. The summed E-state index contributed by atoms with van der Waals surface area (Å²) in [4.78, 5) is 12.5. The number of benzene rings is 2. The van der Waals surface area contributed by atoms with E-state index in [0.29, 0.717) is 13.0 Å². The zero-order valence-electron chi connectivity index (χ0n) is 14.8. The molecular formula is C20H21FN4O. The molecule has 6 heteroatoms. The lowest BCUT2D eigenvalue weighted by Gasteiger charge is -2.16. The van der Waals surface area contributed by atoms with Gasteiger partial charge in [0.05, 0.1) is 18.8 Å². The minimum Gasteiger partial charge on any atom is -0.344 e. The molecule has 0 aliphatic carbocycles. The Balaban J connectivity index is 1.69. The summed E-state index contributed by atoms with van der Waals surface area (Å²) >= 11 is 0. The van der Waals surface area contributed by atoms with E-state index in [1.807, 2.05) is 38.1 Å². The van der Waals surface area contributed by atoms with E-state index in [2.05, 4.69) is 15.6 Å². The zero-order chi connectivity index (χ0) is 18.5. The maximum atomic E-state index is 13.1. The van der Waals surface area contributed by atoms with E-state index in [1.54, 1.807) is 23.0 Å². The van der Waals surface area contributed by atoms with Crippen LogP contribution in [0.15, 0.2) is 54.7 Å². The Morgan fingerprint density at radius 3 is 2.62 bits per heavy atom. The molecule has 0 aliphatic rings. The maximum Gasteiger partial charge on any atom is 0.273 e. The van der Waals surface area contributed by atoms with E-state index in [1.165, 1.54) is 12.1 Å². The van der Waals surface area contributed by atoms with Crippen LogP contribution in [-0.2, 0) is 6.54 Å². The van der Waals surface area contributed by atoms with E-state index >= 15 is 0 Å². The molecule has 0 saturated carbocycles. The van der Waals surface area contributed by atoms with Crippen molar-refractivity contribution in [3.63, 3.8) is 0 Å². The predicted molar refractivity (Wildman–Crippen MR) is 97.2 cm³/mol. The SMILES string of the molecule is CC[C@@H](NC(=O)c1cn(Cc2ccccc2C)nn1)c1ccc(F)cc1. The molecule has 0 radical (unpaired) electrons. The molecule has 0 aliphatic heterocycles. The molecule has 2 aromatic carbocycles. The fraction of sp³-hybridized carbons (Fsp3) is 0.250. The van der Waals surface area contributed by atoms with E-state index in [4.69, 9.17) is 0 Å². The lowest BCUT2D eigenvalue weighted by Crippen LogP contribution is -2.28. The van der Waals surface area contributed by atoms with Gasteiger partial charge in [0.15, 0.2) is 5.69 Å². The minimum atomic E-state index is -0.297. The van der Waals surface area contributed by atoms with Gasteiger partial charge in [0.1, 0.15) is 5.82 Å². The number of amides is 1. The quantitative estimate of drug-likeness (QED) is 0.736. The average molecular weight is 352 g/mol. The van der Waals surface area contributed by atoms with Crippen LogP contribution in [0.25, 0.3) is 0 Å². The lowest BCUT2D eigenvalue weighted by molar-refractivity contribution is 0.0930. The van der Waals surface area contributed by atoms with Crippen molar-refractivity contribution in [3.8, 4) is 0 Å². The topological polar surface area (TPSA) is 59.8 Å². The summed E-state index contributed by atoms with van der Waals surface area (Å²) in [5, 5.41) is 11.0. The molecule has 1 aromatic heterocycles. The third-order valence-corrected chi connectivity index (χ3v) is 4.35. The average Bonchev–Trinajstić information content (AvgIpc) is 3.11. The molecule has 0 spiro atoms. The number of rotatable bonds is 6. The van der Waals surface area contributed by atoms with Crippen LogP contribution in [0, 0.1) is 12.7 Å². The summed E-state index contributed by atoms with van der Waals surface area (Å²) in [6.45, 7) is 4.56. The Bertz CT molecular complexity index is 889. The fourth-order valence-electron chi connectivity index (χ4n) is 2.79. The molecule has 3 aromatic rings. The summed E-state index contributed by atoms with van der Waals surface area (Å²) in [5.74, 6) is -0.591. The van der Waals surface area contributed by atoms with Crippen LogP contribution in [0.2, 0.25) is 0 Å². The number of carbonyl (C=O) groups is 1. The fourth-order valence-corrected chi connectivity index (χ4v) is 2.79. The van der Waals surface area contributed by atoms with Crippen molar-refractivity contribution in [3.05, 3.63) is 82.9 Å². The van der Waals surface area contributed by atoms with Crippen LogP contribution in [0.3, 0.4) is 0 Å². The highest BCUT2D eigenvalue weighted by atomic mass is 19.1. The third-order valence-electron chi connectivity index (χ3n) is 4.35. The van der Waals surface area contributed by atoms with Gasteiger partial charge in [-0.25, -0.2) is 9.07 Å². The number of hydrogen-bond donors (Lipinski definition) is 1. The standard InChI is InChI=1S/C20H21FN4O/c1-3-18(15-8-10-17(21)11-9-15)22-20(26)19-13-25(24-23-19)12-16-7-5-4-6-14(16)2/h4-11,13,18H,3,12H2,1-2H3,(H,22,26)/t18-/m1/s1. The number of nitrogens with one attached hydrogen (secondary N) is 1. The van der Waals surface area contributed by atoms with Gasteiger partial charge in [-0.3, -0.25) is 4.79 Å². The van der Waals surface area contributed by atoms with Crippen LogP contribution in [0.1, 0.15) is 46.6 Å². The van der Waals surface area contributed by atoms with Crippen molar-refractivity contribution in [2.24, 2.45) is 0 Å². The second-order valence-corrected chi connectivity index (χ2v) is 6.21. The van der Waals surface area contributed by atoms with Gasteiger partial charge < -0.3 is 5.32 Å². The molecule has 1 atom stereocenters. The Labute approximate surface area is 151 Å². The first-order chi connectivity index (χ1) is 12.6. The predicted octanol–water partition coefficient (Wildman–Crippen LogP) is 3.66. The first-order valence-corrected chi connectivity index (χ1v) is 8.57. The molecule has 1 N–H and O–H groups in total. The van der Waals surface area contributed by atoms with Crippen molar-refractivity contribution in [2.75, 3.05) is 0 Å². The van der Waals surface area contributed by atoms with Crippen LogP contribution in [0.4, 0.5) is 4.39 Å². The summed E-state index contributed by atoms with van der Waals surface area (Å²) in [6.07, 6.45) is 2.33. The Kier molecular flexibility index (Phi) is 5.41. The van der Waals surface area contributed by atoms with Crippen molar-refractivity contribution in [1.29, 1.82) is 0 Å². The van der Waals surface area contributed by atoms with Crippen molar-refractivity contribution >= 4 is 5.91 Å². The van der Waals surface area contributed by atoms with Gasteiger partial charge in [-0.1, -0.05) is 48.5 Å².